The zero-order valence-corrected chi connectivity index (χ0v) is 14.0. The number of nitrogens with zero attached hydrogens (tertiary/aromatic N) is 1. The highest BCUT2D eigenvalue weighted by Gasteiger charge is 2.17. The monoisotopic (exact) mass is 405 g/mol. The summed E-state index contributed by atoms with van der Waals surface area (Å²) in [5.74, 6) is 0. The predicted molar refractivity (Wildman–Crippen MR) is 77.1 cm³/mol. The van der Waals surface area contributed by atoms with Crippen LogP contribution in [-0.2, 0) is 7.05 Å². The molecule has 0 unspecified atom stereocenters. The van der Waals surface area contributed by atoms with Gasteiger partial charge in [0, 0.05) is 11.1 Å². The lowest BCUT2D eigenvalue weighted by Crippen LogP contribution is -3.00. The molecule has 2 nitrogen and oxygen atoms in total. The molecule has 0 bridgehead atoms. The van der Waals surface area contributed by atoms with Gasteiger partial charge in [-0.3, -0.25) is 0 Å². The second-order valence-corrected chi connectivity index (χ2v) is 5.41. The van der Waals surface area contributed by atoms with Crippen LogP contribution < -0.4 is 28.5 Å². The maximum absolute atomic E-state index is 5.91. The van der Waals surface area contributed by atoms with Crippen molar-refractivity contribution in [2.75, 3.05) is 0 Å². The molecule has 19 heavy (non-hydrogen) atoms. The van der Waals surface area contributed by atoms with Gasteiger partial charge in [-0.1, -0.05) is 35.1 Å². The van der Waals surface area contributed by atoms with Crippen molar-refractivity contribution in [1.82, 2.24) is 0 Å². The zero-order valence-electron chi connectivity index (χ0n) is 10.2. The molecule has 0 radical (unpaired) electrons. The summed E-state index contributed by atoms with van der Waals surface area (Å²) in [6, 6.07) is 16.4. The molecule has 100 valence electrons. The summed E-state index contributed by atoms with van der Waals surface area (Å²) in [5.41, 5.74) is 2.47. The maximum Gasteiger partial charge on any atom is 0.269 e. The molecule has 0 aliphatic heterocycles. The van der Waals surface area contributed by atoms with Crippen LogP contribution in [0.15, 0.2) is 48.5 Å². The number of thiazole rings is 1. The molecule has 0 amide bonds. The number of halogens is 2. The fourth-order valence-electron chi connectivity index (χ4n) is 1.95. The number of benzene rings is 2. The Morgan fingerprint density at radius 3 is 2.26 bits per heavy atom. The summed E-state index contributed by atoms with van der Waals surface area (Å²) >= 11 is 7.72. The lowest BCUT2D eigenvalue weighted by Gasteiger charge is -1.94. The summed E-state index contributed by atoms with van der Waals surface area (Å²) in [7, 11) is 2.10. The van der Waals surface area contributed by atoms with Crippen molar-refractivity contribution in [3.8, 4) is 10.6 Å². The largest absolute Gasteiger partial charge is 1.00 e. The quantitative estimate of drug-likeness (QED) is 0.410. The number of aryl methyl sites for hydroxylation is 1. The molecule has 3 rings (SSSR count). The van der Waals surface area contributed by atoms with E-state index in [1.54, 1.807) is 11.3 Å². The SMILES string of the molecule is C[n+]1c(-c2ccc(Cl)cc2)sc2ccccc21.O.[I-]. The van der Waals surface area contributed by atoms with Crippen molar-refractivity contribution in [3.05, 3.63) is 53.6 Å². The van der Waals surface area contributed by atoms with Gasteiger partial charge in [0.2, 0.25) is 5.52 Å². The summed E-state index contributed by atoms with van der Waals surface area (Å²) in [6.07, 6.45) is 0. The molecule has 1 heterocycles. The molecular formula is C14H13ClINOS. The van der Waals surface area contributed by atoms with E-state index in [0.29, 0.717) is 0 Å². The van der Waals surface area contributed by atoms with Crippen molar-refractivity contribution in [1.29, 1.82) is 0 Å². The third kappa shape index (κ3) is 3.08. The number of hydrogen-bond donors (Lipinski definition) is 0. The first kappa shape index (κ1) is 16.4. The highest BCUT2D eigenvalue weighted by molar-refractivity contribution is 7.21. The van der Waals surface area contributed by atoms with E-state index < -0.39 is 0 Å². The first-order valence-corrected chi connectivity index (χ1v) is 6.58. The van der Waals surface area contributed by atoms with Gasteiger partial charge in [0.15, 0.2) is 0 Å². The summed E-state index contributed by atoms with van der Waals surface area (Å²) < 4.78 is 3.53. The fraction of sp³-hybridized carbons (Fsp3) is 0.0714. The Balaban J connectivity index is 0.000000902. The Morgan fingerprint density at radius 1 is 1.00 bits per heavy atom. The second kappa shape index (κ2) is 6.65. The second-order valence-electron chi connectivity index (χ2n) is 3.94. The van der Waals surface area contributed by atoms with Gasteiger partial charge in [0.1, 0.15) is 11.7 Å². The molecule has 5 heteroatoms. The van der Waals surface area contributed by atoms with E-state index in [2.05, 4.69) is 48.0 Å². The molecule has 0 spiro atoms. The lowest BCUT2D eigenvalue weighted by atomic mass is 10.2. The number of para-hydroxylation sites is 1. The molecule has 0 aliphatic carbocycles. The van der Waals surface area contributed by atoms with Crippen LogP contribution in [0.2, 0.25) is 5.02 Å². The summed E-state index contributed by atoms with van der Waals surface area (Å²) in [5, 5.41) is 2.03. The molecular weight excluding hydrogens is 393 g/mol. The normalized spacial score (nSPS) is 9.79. The number of rotatable bonds is 1. The molecule has 0 saturated heterocycles. The van der Waals surface area contributed by atoms with Crippen molar-refractivity contribution in [2.45, 2.75) is 0 Å². The van der Waals surface area contributed by atoms with E-state index in [1.807, 2.05) is 12.1 Å². The van der Waals surface area contributed by atoms with Crippen LogP contribution in [0, 0.1) is 0 Å². The van der Waals surface area contributed by atoms with E-state index in [-0.39, 0.29) is 29.5 Å². The Morgan fingerprint density at radius 2 is 1.63 bits per heavy atom. The average molecular weight is 406 g/mol. The van der Waals surface area contributed by atoms with E-state index in [1.165, 1.54) is 20.8 Å². The van der Waals surface area contributed by atoms with Crippen molar-refractivity contribution < 1.29 is 34.0 Å². The molecule has 2 aromatic carbocycles. The van der Waals surface area contributed by atoms with Gasteiger partial charge in [0.05, 0.1) is 5.56 Å². The third-order valence-electron chi connectivity index (χ3n) is 2.83. The summed E-state index contributed by atoms with van der Waals surface area (Å²) in [6.45, 7) is 0. The van der Waals surface area contributed by atoms with Gasteiger partial charge in [-0.15, -0.1) is 0 Å². The molecule has 0 atom stereocenters. The first-order valence-electron chi connectivity index (χ1n) is 5.39. The first-order chi connectivity index (χ1) is 8.25. The Hall–Kier alpha value is -0.690. The van der Waals surface area contributed by atoms with Crippen LogP contribution in [0.5, 0.6) is 0 Å². The highest BCUT2D eigenvalue weighted by Crippen LogP contribution is 2.28. The number of aromatic nitrogens is 1. The van der Waals surface area contributed by atoms with Crippen molar-refractivity contribution in [3.63, 3.8) is 0 Å². The van der Waals surface area contributed by atoms with Crippen LogP contribution in [0.4, 0.5) is 0 Å². The minimum absolute atomic E-state index is 0. The number of hydrogen-bond acceptors (Lipinski definition) is 1. The van der Waals surface area contributed by atoms with Gasteiger partial charge in [-0.05, 0) is 30.3 Å². The average Bonchev–Trinajstić information content (AvgIpc) is 2.69. The topological polar surface area (TPSA) is 35.4 Å². The van der Waals surface area contributed by atoms with Gasteiger partial charge in [-0.25, -0.2) is 0 Å². The van der Waals surface area contributed by atoms with Gasteiger partial charge in [-0.2, -0.15) is 4.57 Å². The van der Waals surface area contributed by atoms with E-state index >= 15 is 0 Å². The maximum atomic E-state index is 5.91. The predicted octanol–water partition coefficient (Wildman–Crippen LogP) is 0.226. The van der Waals surface area contributed by atoms with Crippen LogP contribution in [-0.4, -0.2) is 5.48 Å². The van der Waals surface area contributed by atoms with Crippen molar-refractivity contribution >= 4 is 33.2 Å². The Labute approximate surface area is 138 Å². The Bertz CT molecular complexity index is 681. The van der Waals surface area contributed by atoms with Gasteiger partial charge >= 0.3 is 0 Å². The lowest BCUT2D eigenvalue weighted by molar-refractivity contribution is -0.629. The molecule has 0 saturated carbocycles. The van der Waals surface area contributed by atoms with E-state index in [0.717, 1.165) is 5.02 Å². The van der Waals surface area contributed by atoms with E-state index in [9.17, 15) is 0 Å². The highest BCUT2D eigenvalue weighted by atomic mass is 127. The minimum Gasteiger partial charge on any atom is -1.00 e. The van der Waals surface area contributed by atoms with Crippen LogP contribution in [0.25, 0.3) is 20.8 Å². The summed E-state index contributed by atoms with van der Waals surface area (Å²) in [4.78, 5) is 0. The van der Waals surface area contributed by atoms with E-state index in [4.69, 9.17) is 11.6 Å². The van der Waals surface area contributed by atoms with Gasteiger partial charge in [0.25, 0.3) is 5.01 Å². The van der Waals surface area contributed by atoms with Crippen LogP contribution >= 0.6 is 22.9 Å². The van der Waals surface area contributed by atoms with Crippen molar-refractivity contribution in [2.24, 2.45) is 7.05 Å². The van der Waals surface area contributed by atoms with Crippen LogP contribution in [0.1, 0.15) is 0 Å². The third-order valence-corrected chi connectivity index (χ3v) is 4.35. The molecule has 3 aromatic rings. The van der Waals surface area contributed by atoms with Gasteiger partial charge < -0.3 is 29.5 Å². The minimum atomic E-state index is 0. The molecule has 0 aliphatic rings. The fourth-order valence-corrected chi connectivity index (χ4v) is 3.23. The molecule has 0 fully saturated rings. The molecule has 1 aromatic heterocycles. The Kier molecular flexibility index (Phi) is 5.73. The molecule has 2 N–H and O–H groups in total. The zero-order chi connectivity index (χ0) is 11.8. The number of fused-ring (bicyclic) bond motifs is 1. The van der Waals surface area contributed by atoms with Crippen LogP contribution in [0.3, 0.4) is 0 Å². The smallest absolute Gasteiger partial charge is 0.269 e. The standard InChI is InChI=1S/C14H11ClNS.HI.H2O/c1-16-12-4-2-3-5-13(12)17-14(16)10-6-8-11(15)9-7-10;;/h2-9H,1H3;1H;1H2/q+1;;/p-1.